The fourth-order valence-electron chi connectivity index (χ4n) is 3.30. The standard InChI is InChI=1S/C27H30N2O3/c1-5-31-27(32-6-2)23-14-12-20(13-15-23)25(21-16-18-24(19-17-21)29(3)4)28-26(30)22-10-8-7-9-11-22/h7-19,27H,5-6H2,1-4H3. The van der Waals surface area contributed by atoms with Crippen LogP contribution in [-0.2, 0) is 9.47 Å². The fraction of sp³-hybridized carbons (Fsp3) is 0.259. The predicted molar refractivity (Wildman–Crippen MR) is 130 cm³/mol. The Bertz CT molecular complexity index is 1020. The van der Waals surface area contributed by atoms with Crippen molar-refractivity contribution < 1.29 is 14.3 Å². The van der Waals surface area contributed by atoms with Crippen LogP contribution in [0.15, 0.2) is 83.9 Å². The highest BCUT2D eigenvalue weighted by Crippen LogP contribution is 2.22. The maximum absolute atomic E-state index is 12.9. The Morgan fingerprint density at radius 1 is 0.781 bits per heavy atom. The molecule has 0 aliphatic carbocycles. The number of carbonyl (C=O) groups is 1. The third kappa shape index (κ3) is 5.90. The highest BCUT2D eigenvalue weighted by Gasteiger charge is 2.15. The van der Waals surface area contributed by atoms with Crippen molar-refractivity contribution in [1.29, 1.82) is 0 Å². The van der Waals surface area contributed by atoms with Crippen LogP contribution in [0.1, 0.15) is 47.2 Å². The molecular weight excluding hydrogens is 400 g/mol. The number of ether oxygens (including phenoxy) is 2. The number of amides is 1. The maximum atomic E-state index is 12.9. The minimum Gasteiger partial charge on any atom is -0.378 e. The summed E-state index contributed by atoms with van der Waals surface area (Å²) in [6.07, 6.45) is -0.412. The van der Waals surface area contributed by atoms with Crippen molar-refractivity contribution in [3.63, 3.8) is 0 Å². The number of rotatable bonds is 9. The lowest BCUT2D eigenvalue weighted by Gasteiger charge is -2.18. The van der Waals surface area contributed by atoms with Crippen molar-refractivity contribution >= 4 is 17.3 Å². The van der Waals surface area contributed by atoms with Crippen LogP contribution in [-0.4, -0.2) is 38.9 Å². The molecule has 0 unspecified atom stereocenters. The molecule has 0 heterocycles. The summed E-state index contributed by atoms with van der Waals surface area (Å²) in [5.41, 5.74) is 4.91. The first-order chi connectivity index (χ1) is 15.5. The van der Waals surface area contributed by atoms with Gasteiger partial charge in [0.1, 0.15) is 0 Å². The van der Waals surface area contributed by atoms with Gasteiger partial charge in [-0.05, 0) is 38.1 Å². The van der Waals surface area contributed by atoms with E-state index in [9.17, 15) is 4.79 Å². The maximum Gasteiger partial charge on any atom is 0.277 e. The first-order valence-electron chi connectivity index (χ1n) is 10.8. The molecule has 0 saturated heterocycles. The molecule has 5 nitrogen and oxygen atoms in total. The van der Waals surface area contributed by atoms with Gasteiger partial charge in [-0.3, -0.25) is 4.79 Å². The Labute approximate surface area is 190 Å². The molecule has 0 spiro atoms. The molecule has 1 amide bonds. The van der Waals surface area contributed by atoms with E-state index >= 15 is 0 Å². The summed E-state index contributed by atoms with van der Waals surface area (Å²) in [5, 5.41) is 0. The number of anilines is 1. The van der Waals surface area contributed by atoms with Crippen molar-refractivity contribution in [2.75, 3.05) is 32.2 Å². The van der Waals surface area contributed by atoms with Crippen LogP contribution < -0.4 is 4.90 Å². The molecule has 5 heteroatoms. The first-order valence-corrected chi connectivity index (χ1v) is 10.8. The number of carbonyl (C=O) groups excluding carboxylic acids is 1. The van der Waals surface area contributed by atoms with E-state index in [2.05, 4.69) is 4.99 Å². The summed E-state index contributed by atoms with van der Waals surface area (Å²) >= 11 is 0. The molecule has 0 bridgehead atoms. The van der Waals surface area contributed by atoms with E-state index in [0.29, 0.717) is 24.5 Å². The van der Waals surface area contributed by atoms with Crippen LogP contribution in [0, 0.1) is 0 Å². The molecule has 0 saturated carbocycles. The Kier molecular flexibility index (Phi) is 8.31. The number of aliphatic imine (C=N–C) groups is 1. The van der Waals surface area contributed by atoms with Gasteiger partial charge in [0, 0.05) is 55.3 Å². The summed E-state index contributed by atoms with van der Waals surface area (Å²) in [6, 6.07) is 25.0. The zero-order chi connectivity index (χ0) is 22.9. The molecule has 0 aliphatic rings. The highest BCUT2D eigenvalue weighted by molar-refractivity contribution is 6.18. The molecule has 3 rings (SSSR count). The van der Waals surface area contributed by atoms with Crippen molar-refractivity contribution in [2.45, 2.75) is 20.1 Å². The van der Waals surface area contributed by atoms with E-state index in [-0.39, 0.29) is 5.91 Å². The Morgan fingerprint density at radius 2 is 1.31 bits per heavy atom. The van der Waals surface area contributed by atoms with Gasteiger partial charge >= 0.3 is 0 Å². The van der Waals surface area contributed by atoms with Crippen molar-refractivity contribution in [2.24, 2.45) is 4.99 Å². The average Bonchev–Trinajstić information content (AvgIpc) is 2.83. The first kappa shape index (κ1) is 23.4. The Morgan fingerprint density at radius 3 is 1.81 bits per heavy atom. The van der Waals surface area contributed by atoms with Gasteiger partial charge in [-0.2, -0.15) is 0 Å². The molecule has 0 fully saturated rings. The van der Waals surface area contributed by atoms with Gasteiger partial charge in [-0.1, -0.05) is 54.6 Å². The zero-order valence-corrected chi connectivity index (χ0v) is 19.1. The van der Waals surface area contributed by atoms with Crippen molar-refractivity contribution in [3.8, 4) is 0 Å². The van der Waals surface area contributed by atoms with Gasteiger partial charge in [0.05, 0.1) is 5.71 Å². The topological polar surface area (TPSA) is 51.1 Å². The van der Waals surface area contributed by atoms with E-state index in [1.807, 2.05) is 99.6 Å². The lowest BCUT2D eigenvalue weighted by Crippen LogP contribution is -2.12. The van der Waals surface area contributed by atoms with Gasteiger partial charge in [0.25, 0.3) is 5.91 Å². The van der Waals surface area contributed by atoms with E-state index < -0.39 is 6.29 Å². The van der Waals surface area contributed by atoms with Crippen LogP contribution >= 0.6 is 0 Å². The molecule has 0 N–H and O–H groups in total. The lowest BCUT2D eigenvalue weighted by molar-refractivity contribution is -0.140. The van der Waals surface area contributed by atoms with Crippen molar-refractivity contribution in [1.82, 2.24) is 0 Å². The largest absolute Gasteiger partial charge is 0.378 e. The summed E-state index contributed by atoms with van der Waals surface area (Å²) in [5.74, 6) is -0.275. The van der Waals surface area contributed by atoms with Crippen LogP contribution in [0.5, 0.6) is 0 Å². The molecule has 3 aromatic carbocycles. The number of hydrogen-bond donors (Lipinski definition) is 0. The molecule has 0 atom stereocenters. The van der Waals surface area contributed by atoms with Crippen LogP contribution in [0.4, 0.5) is 5.69 Å². The van der Waals surface area contributed by atoms with E-state index in [4.69, 9.17) is 9.47 Å². The normalized spacial score (nSPS) is 11.6. The molecule has 166 valence electrons. The summed E-state index contributed by atoms with van der Waals surface area (Å²) < 4.78 is 11.4. The second-order valence-corrected chi connectivity index (χ2v) is 7.44. The van der Waals surface area contributed by atoms with E-state index in [0.717, 1.165) is 22.4 Å². The predicted octanol–water partition coefficient (Wildman–Crippen LogP) is 5.50. The zero-order valence-electron chi connectivity index (χ0n) is 19.1. The minimum absolute atomic E-state index is 0.275. The van der Waals surface area contributed by atoms with Gasteiger partial charge in [0.2, 0.25) is 0 Å². The number of nitrogens with zero attached hydrogens (tertiary/aromatic N) is 2. The van der Waals surface area contributed by atoms with Gasteiger partial charge in [-0.25, -0.2) is 4.99 Å². The fourth-order valence-corrected chi connectivity index (χ4v) is 3.30. The Balaban J connectivity index is 2.00. The van der Waals surface area contributed by atoms with Gasteiger partial charge < -0.3 is 14.4 Å². The second kappa shape index (κ2) is 11.4. The summed E-state index contributed by atoms with van der Waals surface area (Å²) in [7, 11) is 3.99. The third-order valence-electron chi connectivity index (χ3n) is 4.98. The molecular formula is C27H30N2O3. The van der Waals surface area contributed by atoms with Crippen LogP contribution in [0.3, 0.4) is 0 Å². The van der Waals surface area contributed by atoms with Crippen LogP contribution in [0.2, 0.25) is 0 Å². The van der Waals surface area contributed by atoms with Crippen molar-refractivity contribution in [3.05, 3.63) is 101 Å². The quantitative estimate of drug-likeness (QED) is 0.332. The SMILES string of the molecule is CCOC(OCC)c1ccc(C(=NC(=O)c2ccccc2)c2ccc(N(C)C)cc2)cc1. The van der Waals surface area contributed by atoms with Gasteiger partial charge in [-0.15, -0.1) is 0 Å². The van der Waals surface area contributed by atoms with E-state index in [1.165, 1.54) is 0 Å². The number of hydrogen-bond acceptors (Lipinski definition) is 4. The van der Waals surface area contributed by atoms with Gasteiger partial charge in [0.15, 0.2) is 6.29 Å². The smallest absolute Gasteiger partial charge is 0.277 e. The molecule has 32 heavy (non-hydrogen) atoms. The van der Waals surface area contributed by atoms with E-state index in [1.54, 1.807) is 12.1 Å². The Hall–Kier alpha value is -3.28. The summed E-state index contributed by atoms with van der Waals surface area (Å²) in [6.45, 7) is 5.00. The average molecular weight is 431 g/mol. The third-order valence-corrected chi connectivity index (χ3v) is 4.98. The number of benzene rings is 3. The molecule has 0 radical (unpaired) electrons. The second-order valence-electron chi connectivity index (χ2n) is 7.44. The molecule has 0 aliphatic heterocycles. The highest BCUT2D eigenvalue weighted by atomic mass is 16.7. The minimum atomic E-state index is -0.412. The molecule has 0 aromatic heterocycles. The lowest BCUT2D eigenvalue weighted by atomic mass is 10.00. The monoisotopic (exact) mass is 430 g/mol. The summed E-state index contributed by atoms with van der Waals surface area (Å²) in [4.78, 5) is 19.4. The van der Waals surface area contributed by atoms with Crippen LogP contribution in [0.25, 0.3) is 0 Å². The molecule has 3 aromatic rings.